The summed E-state index contributed by atoms with van der Waals surface area (Å²) in [5.74, 6) is 0. The zero-order chi connectivity index (χ0) is 15.5. The number of nitrogens with one attached hydrogen (secondary N) is 1. The Balaban J connectivity index is 2.23. The molecule has 4 nitrogen and oxygen atoms in total. The van der Waals surface area contributed by atoms with Crippen LogP contribution in [0, 0.1) is 11.3 Å². The molecule has 1 aromatic rings. The van der Waals surface area contributed by atoms with Crippen LogP contribution in [0.4, 0.5) is 18.0 Å². The molecule has 0 aromatic heterocycles. The van der Waals surface area contributed by atoms with Gasteiger partial charge >= 0.3 is 12.2 Å². The van der Waals surface area contributed by atoms with E-state index in [1.165, 1.54) is 6.07 Å². The first-order valence-electron chi connectivity index (χ1n) is 6.14. The Labute approximate surface area is 119 Å². The summed E-state index contributed by atoms with van der Waals surface area (Å²) in [5.41, 5.74) is -1.83. The molecule has 1 aromatic carbocycles. The lowest BCUT2D eigenvalue weighted by atomic mass is 9.93. The average Bonchev–Trinajstić information content (AvgIpc) is 2.42. The quantitative estimate of drug-likeness (QED) is 0.932. The van der Waals surface area contributed by atoms with Crippen molar-refractivity contribution in [3.8, 4) is 6.07 Å². The van der Waals surface area contributed by atoms with Crippen LogP contribution in [-0.2, 0) is 6.54 Å². The molecule has 1 unspecified atom stereocenters. The topological polar surface area (TPSA) is 56.1 Å². The van der Waals surface area contributed by atoms with E-state index in [0.29, 0.717) is 0 Å². The van der Waals surface area contributed by atoms with E-state index in [-0.39, 0.29) is 6.54 Å². The van der Waals surface area contributed by atoms with Gasteiger partial charge in [0.15, 0.2) is 5.54 Å². The summed E-state index contributed by atoms with van der Waals surface area (Å²) in [6.07, 6.45) is -3.69. The van der Waals surface area contributed by atoms with E-state index in [4.69, 9.17) is 5.26 Å². The second kappa shape index (κ2) is 5.48. The maximum absolute atomic E-state index is 13.1. The van der Waals surface area contributed by atoms with Crippen LogP contribution in [0.5, 0.6) is 0 Å². The van der Waals surface area contributed by atoms with Gasteiger partial charge in [-0.15, -0.1) is 0 Å². The predicted molar refractivity (Wildman–Crippen MR) is 68.7 cm³/mol. The summed E-state index contributed by atoms with van der Waals surface area (Å²) >= 11 is 0. The molecule has 0 spiro atoms. The van der Waals surface area contributed by atoms with Crippen LogP contribution in [0.15, 0.2) is 42.6 Å². The number of hydrogen-bond acceptors (Lipinski definition) is 2. The van der Waals surface area contributed by atoms with Crippen LogP contribution in [0.1, 0.15) is 12.0 Å². The molecule has 1 N–H and O–H groups in total. The van der Waals surface area contributed by atoms with Gasteiger partial charge < -0.3 is 5.32 Å². The van der Waals surface area contributed by atoms with Crippen LogP contribution in [-0.4, -0.2) is 22.6 Å². The van der Waals surface area contributed by atoms with Crippen molar-refractivity contribution in [1.29, 1.82) is 5.26 Å². The second-order valence-corrected chi connectivity index (χ2v) is 4.66. The van der Waals surface area contributed by atoms with E-state index in [1.54, 1.807) is 30.3 Å². The lowest BCUT2D eigenvalue weighted by Crippen LogP contribution is -2.61. The predicted octanol–water partition coefficient (Wildman–Crippen LogP) is 2.94. The van der Waals surface area contributed by atoms with Crippen LogP contribution in [0.2, 0.25) is 0 Å². The van der Waals surface area contributed by atoms with E-state index >= 15 is 0 Å². The molecule has 0 aliphatic carbocycles. The molecular formula is C14H12F3N3O. The van der Waals surface area contributed by atoms with Crippen molar-refractivity contribution < 1.29 is 18.0 Å². The third-order valence-electron chi connectivity index (χ3n) is 3.19. The Morgan fingerprint density at radius 3 is 2.48 bits per heavy atom. The molecular weight excluding hydrogens is 283 g/mol. The first-order chi connectivity index (χ1) is 9.88. The summed E-state index contributed by atoms with van der Waals surface area (Å²) < 4.78 is 39.2. The summed E-state index contributed by atoms with van der Waals surface area (Å²) in [4.78, 5) is 13.0. The minimum Gasteiger partial charge on any atom is -0.319 e. The van der Waals surface area contributed by atoms with Gasteiger partial charge in [-0.05, 0) is 11.6 Å². The molecule has 0 radical (unpaired) electrons. The Bertz CT molecular complexity index is 592. The third-order valence-corrected chi connectivity index (χ3v) is 3.19. The van der Waals surface area contributed by atoms with Crippen LogP contribution in [0.3, 0.4) is 0 Å². The SMILES string of the molecule is N#CCC1(C(F)(F)F)C=CN(Cc2ccccc2)C(=O)N1. The number of carbonyl (C=O) groups is 1. The number of carbonyl (C=O) groups excluding carboxylic acids is 1. The summed E-state index contributed by atoms with van der Waals surface area (Å²) in [6.45, 7) is 0.156. The maximum atomic E-state index is 13.1. The van der Waals surface area contributed by atoms with Crippen molar-refractivity contribution in [2.24, 2.45) is 0 Å². The number of benzene rings is 1. The Morgan fingerprint density at radius 1 is 1.29 bits per heavy atom. The zero-order valence-corrected chi connectivity index (χ0v) is 10.9. The molecule has 2 rings (SSSR count). The molecule has 1 aliphatic heterocycles. The fourth-order valence-corrected chi connectivity index (χ4v) is 1.99. The van der Waals surface area contributed by atoms with Crippen LogP contribution < -0.4 is 5.32 Å². The first kappa shape index (κ1) is 14.9. The van der Waals surface area contributed by atoms with Gasteiger partial charge in [-0.3, -0.25) is 4.90 Å². The highest BCUT2D eigenvalue weighted by atomic mass is 19.4. The van der Waals surface area contributed by atoms with Crippen molar-refractivity contribution in [3.05, 3.63) is 48.2 Å². The molecule has 1 atom stereocenters. The highest BCUT2D eigenvalue weighted by Crippen LogP contribution is 2.36. The van der Waals surface area contributed by atoms with Crippen molar-refractivity contribution in [2.75, 3.05) is 0 Å². The van der Waals surface area contributed by atoms with E-state index in [0.717, 1.165) is 22.7 Å². The second-order valence-electron chi connectivity index (χ2n) is 4.66. The van der Waals surface area contributed by atoms with Gasteiger partial charge in [-0.1, -0.05) is 30.3 Å². The average molecular weight is 295 g/mol. The number of urea groups is 1. The maximum Gasteiger partial charge on any atom is 0.416 e. The van der Waals surface area contributed by atoms with Gasteiger partial charge in [0.1, 0.15) is 0 Å². The number of halogens is 3. The molecule has 7 heteroatoms. The normalized spacial score (nSPS) is 21.8. The minimum atomic E-state index is -4.73. The molecule has 0 saturated carbocycles. The van der Waals surface area contributed by atoms with E-state index < -0.39 is 24.2 Å². The number of hydrogen-bond donors (Lipinski definition) is 1. The number of alkyl halides is 3. The van der Waals surface area contributed by atoms with Crippen molar-refractivity contribution >= 4 is 6.03 Å². The Morgan fingerprint density at radius 2 is 1.95 bits per heavy atom. The Hall–Kier alpha value is -2.49. The van der Waals surface area contributed by atoms with Gasteiger partial charge in [-0.25, -0.2) is 4.79 Å². The van der Waals surface area contributed by atoms with Crippen molar-refractivity contribution in [2.45, 2.75) is 24.7 Å². The highest BCUT2D eigenvalue weighted by molar-refractivity contribution is 5.78. The van der Waals surface area contributed by atoms with Gasteiger partial charge in [0.25, 0.3) is 0 Å². The lowest BCUT2D eigenvalue weighted by molar-refractivity contribution is -0.178. The number of amides is 2. The largest absolute Gasteiger partial charge is 0.416 e. The highest BCUT2D eigenvalue weighted by Gasteiger charge is 2.56. The first-order valence-corrected chi connectivity index (χ1v) is 6.14. The number of nitriles is 1. The molecule has 0 saturated heterocycles. The van der Waals surface area contributed by atoms with Gasteiger partial charge in [0, 0.05) is 6.20 Å². The van der Waals surface area contributed by atoms with Crippen LogP contribution >= 0.6 is 0 Å². The standard InChI is InChI=1S/C14H12F3N3O/c15-14(16,17)13(6-8-18)7-9-20(12(21)19-13)10-11-4-2-1-3-5-11/h1-5,7,9H,6,10H2,(H,19,21). The van der Waals surface area contributed by atoms with E-state index in [1.807, 2.05) is 5.32 Å². The van der Waals surface area contributed by atoms with Crippen molar-refractivity contribution in [1.82, 2.24) is 10.2 Å². The Kier molecular flexibility index (Phi) is 3.89. The monoisotopic (exact) mass is 295 g/mol. The van der Waals surface area contributed by atoms with Gasteiger partial charge in [0.05, 0.1) is 19.0 Å². The fraction of sp³-hybridized carbons (Fsp3) is 0.286. The van der Waals surface area contributed by atoms with Gasteiger partial charge in [0.2, 0.25) is 0 Å². The summed E-state index contributed by atoms with van der Waals surface area (Å²) in [6, 6.07) is 9.47. The van der Waals surface area contributed by atoms with E-state index in [9.17, 15) is 18.0 Å². The summed E-state index contributed by atoms with van der Waals surface area (Å²) in [7, 11) is 0. The third kappa shape index (κ3) is 2.99. The molecule has 0 fully saturated rings. The molecule has 0 bridgehead atoms. The molecule has 1 aliphatic rings. The number of nitrogens with zero attached hydrogens (tertiary/aromatic N) is 2. The molecule has 1 heterocycles. The van der Waals surface area contributed by atoms with Crippen molar-refractivity contribution in [3.63, 3.8) is 0 Å². The molecule has 21 heavy (non-hydrogen) atoms. The number of rotatable bonds is 3. The lowest BCUT2D eigenvalue weighted by Gasteiger charge is -2.37. The zero-order valence-electron chi connectivity index (χ0n) is 10.9. The summed E-state index contributed by atoms with van der Waals surface area (Å²) in [5, 5.41) is 10.5. The smallest absolute Gasteiger partial charge is 0.319 e. The molecule has 110 valence electrons. The molecule has 2 amide bonds. The van der Waals surface area contributed by atoms with Crippen LogP contribution in [0.25, 0.3) is 0 Å². The van der Waals surface area contributed by atoms with Gasteiger partial charge in [-0.2, -0.15) is 18.4 Å². The fourth-order valence-electron chi connectivity index (χ4n) is 1.99. The van der Waals surface area contributed by atoms with E-state index in [2.05, 4.69) is 0 Å². The minimum absolute atomic E-state index is 0.156.